The number of rotatable bonds is 5. The van der Waals surface area contributed by atoms with E-state index in [1.54, 1.807) is 0 Å². The normalized spacial score (nSPS) is 13.8. The fraction of sp³-hybridized carbons (Fsp3) is 0.562. The summed E-state index contributed by atoms with van der Waals surface area (Å²) in [6.07, 6.45) is 3.54. The minimum Gasteiger partial charge on any atom is -0.338 e. The molecule has 1 aromatic heterocycles. The first kappa shape index (κ1) is 15.1. The number of thiophene rings is 1. The number of carbonyl (C=O) groups excluding carboxylic acids is 1. The van der Waals surface area contributed by atoms with Crippen molar-refractivity contribution in [2.45, 2.75) is 33.1 Å². The highest BCUT2D eigenvalue weighted by Gasteiger charge is 2.27. The molecule has 2 N–H and O–H groups in total. The molecule has 0 bridgehead atoms. The molecule has 1 heterocycles. The summed E-state index contributed by atoms with van der Waals surface area (Å²) in [4.78, 5) is 16.4. The minimum atomic E-state index is 0.160. The highest BCUT2D eigenvalue weighted by Crippen LogP contribution is 2.31. The Kier molecular flexibility index (Phi) is 5.22. The van der Waals surface area contributed by atoms with Gasteiger partial charge in [0.25, 0.3) is 5.91 Å². The van der Waals surface area contributed by atoms with E-state index in [1.807, 2.05) is 17.9 Å². The second-order valence-corrected chi connectivity index (χ2v) is 6.38. The Morgan fingerprint density at radius 1 is 1.55 bits per heavy atom. The van der Waals surface area contributed by atoms with Crippen molar-refractivity contribution in [3.8, 4) is 11.8 Å². The van der Waals surface area contributed by atoms with Crippen molar-refractivity contribution in [2.24, 2.45) is 11.7 Å². The molecule has 1 aliphatic rings. The van der Waals surface area contributed by atoms with E-state index in [9.17, 15) is 4.79 Å². The predicted octanol–water partition coefficient (Wildman–Crippen LogP) is 2.63. The Labute approximate surface area is 125 Å². The zero-order chi connectivity index (χ0) is 14.5. The number of nitrogens with two attached hydrogens (primary N) is 1. The van der Waals surface area contributed by atoms with Gasteiger partial charge in [-0.15, -0.1) is 11.3 Å². The lowest BCUT2D eigenvalue weighted by molar-refractivity contribution is 0.0752. The van der Waals surface area contributed by atoms with E-state index in [4.69, 9.17) is 5.73 Å². The molecule has 1 aliphatic carbocycles. The summed E-state index contributed by atoms with van der Waals surface area (Å²) in [5.41, 5.74) is 6.47. The lowest BCUT2D eigenvalue weighted by atomic mass is 10.2. The van der Waals surface area contributed by atoms with Crippen LogP contribution in [0.1, 0.15) is 46.3 Å². The van der Waals surface area contributed by atoms with Gasteiger partial charge in [0.1, 0.15) is 0 Å². The molecule has 0 atom stereocenters. The van der Waals surface area contributed by atoms with Crippen molar-refractivity contribution in [2.75, 3.05) is 19.6 Å². The molecule has 0 radical (unpaired) electrons. The Morgan fingerprint density at radius 3 is 2.90 bits per heavy atom. The van der Waals surface area contributed by atoms with E-state index in [2.05, 4.69) is 18.8 Å². The molecular weight excluding hydrogens is 268 g/mol. The monoisotopic (exact) mass is 290 g/mol. The molecule has 1 aromatic rings. The minimum absolute atomic E-state index is 0.160. The first-order chi connectivity index (χ1) is 9.65. The predicted molar refractivity (Wildman–Crippen MR) is 83.9 cm³/mol. The van der Waals surface area contributed by atoms with Gasteiger partial charge in [0, 0.05) is 13.1 Å². The van der Waals surface area contributed by atoms with Crippen LogP contribution in [0, 0.1) is 24.7 Å². The third-order valence-corrected chi connectivity index (χ3v) is 4.53. The molecule has 0 aliphatic heterocycles. The number of aryl methyl sites for hydroxylation is 1. The number of amides is 1. The van der Waals surface area contributed by atoms with Gasteiger partial charge in [0.2, 0.25) is 0 Å². The molecule has 4 heteroatoms. The molecule has 0 saturated heterocycles. The van der Waals surface area contributed by atoms with Gasteiger partial charge in [0.05, 0.1) is 16.3 Å². The van der Waals surface area contributed by atoms with Crippen molar-refractivity contribution in [3.63, 3.8) is 0 Å². The zero-order valence-corrected chi connectivity index (χ0v) is 13.1. The van der Waals surface area contributed by atoms with Crippen LogP contribution in [0.5, 0.6) is 0 Å². The summed E-state index contributed by atoms with van der Waals surface area (Å²) in [6.45, 7) is 6.22. The summed E-state index contributed by atoms with van der Waals surface area (Å²) in [5, 5.41) is 0. The van der Waals surface area contributed by atoms with Crippen molar-refractivity contribution in [1.29, 1.82) is 0 Å². The van der Waals surface area contributed by atoms with Crippen LogP contribution in [-0.4, -0.2) is 30.4 Å². The third-order valence-electron chi connectivity index (χ3n) is 3.39. The van der Waals surface area contributed by atoms with Gasteiger partial charge < -0.3 is 10.6 Å². The molecule has 1 saturated carbocycles. The van der Waals surface area contributed by atoms with Gasteiger partial charge in [0.15, 0.2) is 0 Å². The lowest BCUT2D eigenvalue weighted by Crippen LogP contribution is -2.33. The van der Waals surface area contributed by atoms with Crippen LogP contribution >= 0.6 is 11.3 Å². The fourth-order valence-electron chi connectivity index (χ4n) is 2.16. The van der Waals surface area contributed by atoms with Gasteiger partial charge in [-0.05, 0) is 43.7 Å². The summed E-state index contributed by atoms with van der Waals surface area (Å²) >= 11 is 1.49. The molecule has 0 unspecified atom stereocenters. The SMILES string of the molecule is CCCN(CC1CC1)C(=O)c1cc(C)c(C#CCN)s1. The quantitative estimate of drug-likeness (QED) is 0.847. The van der Waals surface area contributed by atoms with Crippen molar-refractivity contribution < 1.29 is 4.79 Å². The first-order valence-corrected chi connectivity index (χ1v) is 8.06. The van der Waals surface area contributed by atoms with E-state index >= 15 is 0 Å². The van der Waals surface area contributed by atoms with Crippen LogP contribution in [-0.2, 0) is 0 Å². The summed E-state index contributed by atoms with van der Waals surface area (Å²) in [7, 11) is 0. The molecule has 0 aromatic carbocycles. The van der Waals surface area contributed by atoms with Gasteiger partial charge in [-0.2, -0.15) is 0 Å². The summed E-state index contributed by atoms with van der Waals surface area (Å²) in [6, 6.07) is 1.96. The smallest absolute Gasteiger partial charge is 0.263 e. The fourth-order valence-corrected chi connectivity index (χ4v) is 3.17. The first-order valence-electron chi connectivity index (χ1n) is 7.24. The number of hydrogen-bond acceptors (Lipinski definition) is 3. The van der Waals surface area contributed by atoms with E-state index in [1.165, 1.54) is 24.2 Å². The van der Waals surface area contributed by atoms with E-state index in [-0.39, 0.29) is 5.91 Å². The molecule has 20 heavy (non-hydrogen) atoms. The molecule has 1 fully saturated rings. The molecule has 3 nitrogen and oxygen atoms in total. The van der Waals surface area contributed by atoms with Crippen molar-refractivity contribution in [1.82, 2.24) is 4.90 Å². The topological polar surface area (TPSA) is 46.3 Å². The highest BCUT2D eigenvalue weighted by atomic mass is 32.1. The molecule has 108 valence electrons. The summed E-state index contributed by atoms with van der Waals surface area (Å²) < 4.78 is 0. The highest BCUT2D eigenvalue weighted by molar-refractivity contribution is 7.14. The van der Waals surface area contributed by atoms with Crippen LogP contribution in [0.2, 0.25) is 0 Å². The number of hydrogen-bond donors (Lipinski definition) is 1. The van der Waals surface area contributed by atoms with Gasteiger partial charge in [-0.25, -0.2) is 0 Å². The standard InChI is InChI=1S/C16H22N2OS/c1-3-9-18(11-13-6-7-13)16(19)15-10-12(2)14(20-15)5-4-8-17/h10,13H,3,6-9,11,17H2,1-2H3. The second-order valence-electron chi connectivity index (χ2n) is 5.32. The second kappa shape index (κ2) is 6.92. The average molecular weight is 290 g/mol. The Hall–Kier alpha value is -1.31. The van der Waals surface area contributed by atoms with Crippen LogP contribution in [0.25, 0.3) is 0 Å². The van der Waals surface area contributed by atoms with Crippen LogP contribution in [0.4, 0.5) is 0 Å². The van der Waals surface area contributed by atoms with Crippen molar-refractivity contribution in [3.05, 3.63) is 21.4 Å². The zero-order valence-electron chi connectivity index (χ0n) is 12.2. The molecule has 1 amide bonds. The van der Waals surface area contributed by atoms with Gasteiger partial charge in [-0.1, -0.05) is 18.8 Å². The van der Waals surface area contributed by atoms with Gasteiger partial charge >= 0.3 is 0 Å². The Balaban J connectivity index is 2.13. The maximum absolute atomic E-state index is 12.6. The molecule has 0 spiro atoms. The van der Waals surface area contributed by atoms with E-state index in [0.717, 1.165) is 40.7 Å². The average Bonchev–Trinajstić information content (AvgIpc) is 3.17. The van der Waals surface area contributed by atoms with E-state index in [0.29, 0.717) is 6.54 Å². The Bertz CT molecular complexity index is 534. The maximum Gasteiger partial charge on any atom is 0.263 e. The molecular formula is C16H22N2OS. The number of nitrogens with zero attached hydrogens (tertiary/aromatic N) is 1. The van der Waals surface area contributed by atoms with Crippen LogP contribution in [0.3, 0.4) is 0 Å². The molecule has 2 rings (SSSR count). The van der Waals surface area contributed by atoms with E-state index < -0.39 is 0 Å². The van der Waals surface area contributed by atoms with Crippen molar-refractivity contribution >= 4 is 17.2 Å². The van der Waals surface area contributed by atoms with Crippen LogP contribution < -0.4 is 5.73 Å². The maximum atomic E-state index is 12.6. The summed E-state index contributed by atoms with van der Waals surface area (Å²) in [5.74, 6) is 6.79. The lowest BCUT2D eigenvalue weighted by Gasteiger charge is -2.21. The Morgan fingerprint density at radius 2 is 2.30 bits per heavy atom. The number of carbonyl (C=O) groups is 1. The van der Waals surface area contributed by atoms with Crippen LogP contribution in [0.15, 0.2) is 6.07 Å². The van der Waals surface area contributed by atoms with Gasteiger partial charge in [-0.3, -0.25) is 4.79 Å². The largest absolute Gasteiger partial charge is 0.338 e. The third kappa shape index (κ3) is 3.84.